The largest absolute Gasteiger partial charge is 0.497 e. The summed E-state index contributed by atoms with van der Waals surface area (Å²) in [5, 5.41) is 5.52. The second kappa shape index (κ2) is 6.61. The maximum atomic E-state index is 5.23. The summed E-state index contributed by atoms with van der Waals surface area (Å²) in [4.78, 5) is 12.1. The van der Waals surface area contributed by atoms with Crippen molar-refractivity contribution in [3.8, 4) is 5.75 Å². The zero-order chi connectivity index (χ0) is 16.5. The highest BCUT2D eigenvalue weighted by molar-refractivity contribution is 7.98. The summed E-state index contributed by atoms with van der Waals surface area (Å²) < 4.78 is 5.23. The summed E-state index contributed by atoms with van der Waals surface area (Å²) in [5.74, 6) is 1.78. The van der Waals surface area contributed by atoms with Crippen molar-refractivity contribution in [1.29, 1.82) is 0 Å². The highest BCUT2D eigenvalue weighted by Crippen LogP contribution is 2.40. The van der Waals surface area contributed by atoms with E-state index in [4.69, 9.17) is 14.7 Å². The Morgan fingerprint density at radius 2 is 1.92 bits per heavy atom. The van der Waals surface area contributed by atoms with Crippen molar-refractivity contribution >= 4 is 44.8 Å². The summed E-state index contributed by atoms with van der Waals surface area (Å²) in [6, 6.07) is 7.95. The fourth-order valence-electron chi connectivity index (χ4n) is 3.13. The first-order valence-electron chi connectivity index (χ1n) is 8.06. The van der Waals surface area contributed by atoms with Crippen molar-refractivity contribution in [2.45, 2.75) is 30.8 Å². The van der Waals surface area contributed by atoms with Crippen molar-refractivity contribution in [3.63, 3.8) is 0 Å². The zero-order valence-electron chi connectivity index (χ0n) is 13.8. The van der Waals surface area contributed by atoms with E-state index in [9.17, 15) is 0 Å². The fourth-order valence-corrected chi connectivity index (χ4v) is 4.81. The number of benzene rings is 1. The molecule has 0 atom stereocenters. The van der Waals surface area contributed by atoms with E-state index < -0.39 is 0 Å². The molecule has 0 fully saturated rings. The molecule has 1 aromatic carbocycles. The van der Waals surface area contributed by atoms with Crippen molar-refractivity contribution < 1.29 is 4.74 Å². The van der Waals surface area contributed by atoms with Crippen LogP contribution in [0.5, 0.6) is 5.75 Å². The molecule has 2 aromatic heterocycles. The van der Waals surface area contributed by atoms with E-state index >= 15 is 0 Å². The molecule has 0 aliphatic heterocycles. The summed E-state index contributed by atoms with van der Waals surface area (Å²) >= 11 is 3.42. The number of aromatic nitrogens is 2. The molecular weight excluding hydrogens is 338 g/mol. The molecule has 0 saturated heterocycles. The van der Waals surface area contributed by atoms with Crippen LogP contribution in [0.1, 0.15) is 23.3 Å². The third kappa shape index (κ3) is 2.84. The Labute approximate surface area is 149 Å². The number of thiophene rings is 1. The molecule has 1 N–H and O–H groups in total. The van der Waals surface area contributed by atoms with Gasteiger partial charge in [-0.25, -0.2) is 9.97 Å². The van der Waals surface area contributed by atoms with E-state index in [1.165, 1.54) is 35.1 Å². The Morgan fingerprint density at radius 1 is 1.12 bits per heavy atom. The number of ether oxygens (including phenoxy) is 1. The third-order valence-electron chi connectivity index (χ3n) is 4.33. The van der Waals surface area contributed by atoms with Gasteiger partial charge in [-0.1, -0.05) is 11.8 Å². The number of thioether (sulfide) groups is 1. The lowest BCUT2D eigenvalue weighted by Crippen LogP contribution is -2.02. The molecule has 2 heterocycles. The zero-order valence-corrected chi connectivity index (χ0v) is 15.4. The van der Waals surface area contributed by atoms with Gasteiger partial charge in [-0.15, -0.1) is 11.3 Å². The van der Waals surface area contributed by atoms with Gasteiger partial charge in [0.2, 0.25) is 0 Å². The highest BCUT2D eigenvalue weighted by atomic mass is 32.2. The maximum absolute atomic E-state index is 5.23. The summed E-state index contributed by atoms with van der Waals surface area (Å²) in [5.41, 5.74) is 2.46. The average Bonchev–Trinajstić information content (AvgIpc) is 3.00. The lowest BCUT2D eigenvalue weighted by atomic mass is 9.97. The molecule has 6 heteroatoms. The number of hydrogen-bond acceptors (Lipinski definition) is 6. The minimum atomic E-state index is 0.817. The van der Waals surface area contributed by atoms with Gasteiger partial charge >= 0.3 is 0 Å². The molecule has 0 unspecified atom stereocenters. The molecule has 0 spiro atoms. The molecule has 24 heavy (non-hydrogen) atoms. The first kappa shape index (κ1) is 15.7. The smallest absolute Gasteiger partial charge is 0.190 e. The molecule has 4 rings (SSSR count). The predicted octanol–water partition coefficient (Wildman–Crippen LogP) is 5.04. The van der Waals surface area contributed by atoms with Gasteiger partial charge in [-0.3, -0.25) is 0 Å². The quantitative estimate of drug-likeness (QED) is 0.523. The average molecular weight is 358 g/mol. The number of anilines is 2. The summed E-state index contributed by atoms with van der Waals surface area (Å²) in [6.45, 7) is 0. The van der Waals surface area contributed by atoms with Crippen molar-refractivity contribution in [3.05, 3.63) is 34.7 Å². The Kier molecular flexibility index (Phi) is 4.33. The van der Waals surface area contributed by atoms with Crippen molar-refractivity contribution in [2.75, 3.05) is 18.7 Å². The van der Waals surface area contributed by atoms with Crippen LogP contribution in [0.4, 0.5) is 11.5 Å². The number of methoxy groups -OCH3 is 1. The number of rotatable bonds is 4. The predicted molar refractivity (Wildman–Crippen MR) is 102 cm³/mol. The number of nitrogens with zero attached hydrogens (tertiary/aromatic N) is 2. The molecule has 4 nitrogen and oxygen atoms in total. The second-order valence-electron chi connectivity index (χ2n) is 5.80. The second-order valence-corrected chi connectivity index (χ2v) is 7.66. The van der Waals surface area contributed by atoms with Gasteiger partial charge in [0.15, 0.2) is 5.16 Å². The molecule has 0 bridgehead atoms. The number of aryl methyl sites for hydroxylation is 2. The maximum Gasteiger partial charge on any atom is 0.190 e. The molecule has 1 aliphatic carbocycles. The van der Waals surface area contributed by atoms with Crippen LogP contribution in [0.15, 0.2) is 29.4 Å². The lowest BCUT2D eigenvalue weighted by Gasteiger charge is -2.13. The van der Waals surface area contributed by atoms with Crippen LogP contribution in [0.25, 0.3) is 10.2 Å². The van der Waals surface area contributed by atoms with E-state index in [1.54, 1.807) is 18.9 Å². The van der Waals surface area contributed by atoms with Gasteiger partial charge in [-0.2, -0.15) is 0 Å². The molecule has 0 amide bonds. The molecule has 3 aromatic rings. The van der Waals surface area contributed by atoms with Crippen molar-refractivity contribution in [1.82, 2.24) is 9.97 Å². The van der Waals surface area contributed by atoms with E-state index in [-0.39, 0.29) is 0 Å². The summed E-state index contributed by atoms with van der Waals surface area (Å²) in [7, 11) is 1.68. The first-order chi connectivity index (χ1) is 11.8. The van der Waals surface area contributed by atoms with Gasteiger partial charge in [0, 0.05) is 10.6 Å². The molecular formula is C18H19N3OS2. The lowest BCUT2D eigenvalue weighted by molar-refractivity contribution is 0.415. The Hall–Kier alpha value is -1.79. The van der Waals surface area contributed by atoms with Crippen molar-refractivity contribution in [2.24, 2.45) is 0 Å². The van der Waals surface area contributed by atoms with Crippen LogP contribution in [0.3, 0.4) is 0 Å². The SMILES string of the molecule is COc1ccc(Nc2nc(SC)nc3sc4c(c23)CCCC4)cc1. The van der Waals surface area contributed by atoms with Gasteiger partial charge in [-0.05, 0) is 61.8 Å². The standard InChI is InChI=1S/C18H19N3OS2/c1-22-12-9-7-11(8-10-12)19-16-15-13-5-3-4-6-14(13)24-17(15)21-18(20-16)23-2/h7-10H,3-6H2,1-2H3,(H,19,20,21). The Morgan fingerprint density at radius 3 is 2.67 bits per heavy atom. The fraction of sp³-hybridized carbons (Fsp3) is 0.333. The topological polar surface area (TPSA) is 47.0 Å². The molecule has 0 radical (unpaired) electrons. The van der Waals surface area contributed by atoms with Gasteiger partial charge in [0.25, 0.3) is 0 Å². The van der Waals surface area contributed by atoms with E-state index in [0.717, 1.165) is 33.7 Å². The van der Waals surface area contributed by atoms with Crippen LogP contribution in [-0.4, -0.2) is 23.3 Å². The molecule has 0 saturated carbocycles. The van der Waals surface area contributed by atoms with E-state index in [1.807, 2.05) is 41.9 Å². The van der Waals surface area contributed by atoms with Gasteiger partial charge in [0.05, 0.1) is 12.5 Å². The normalized spacial score (nSPS) is 13.8. The highest BCUT2D eigenvalue weighted by Gasteiger charge is 2.21. The van der Waals surface area contributed by atoms with Crippen LogP contribution in [0.2, 0.25) is 0 Å². The minimum absolute atomic E-state index is 0.817. The molecule has 1 aliphatic rings. The van der Waals surface area contributed by atoms with Gasteiger partial charge in [0.1, 0.15) is 16.4 Å². The van der Waals surface area contributed by atoms with Crippen LogP contribution in [0, 0.1) is 0 Å². The number of fused-ring (bicyclic) bond motifs is 3. The molecule has 124 valence electrons. The van der Waals surface area contributed by atoms with Crippen LogP contribution < -0.4 is 10.1 Å². The van der Waals surface area contributed by atoms with Crippen LogP contribution in [-0.2, 0) is 12.8 Å². The van der Waals surface area contributed by atoms with Gasteiger partial charge < -0.3 is 10.1 Å². The Balaban J connectivity index is 1.81. The van der Waals surface area contributed by atoms with E-state index in [2.05, 4.69) is 5.32 Å². The first-order valence-corrected chi connectivity index (χ1v) is 10.1. The number of nitrogens with one attached hydrogen (secondary N) is 1. The number of hydrogen-bond donors (Lipinski definition) is 1. The van der Waals surface area contributed by atoms with Crippen LogP contribution >= 0.6 is 23.1 Å². The van der Waals surface area contributed by atoms with E-state index in [0.29, 0.717) is 0 Å². The Bertz CT molecular complexity index is 874. The summed E-state index contributed by atoms with van der Waals surface area (Å²) in [6.07, 6.45) is 6.86. The minimum Gasteiger partial charge on any atom is -0.497 e. The monoisotopic (exact) mass is 357 g/mol. The third-order valence-corrected chi connectivity index (χ3v) is 6.06.